The minimum atomic E-state index is 0.386. The predicted octanol–water partition coefficient (Wildman–Crippen LogP) is 1.98. The van der Waals surface area contributed by atoms with Crippen molar-refractivity contribution in [2.75, 3.05) is 5.32 Å². The largest absolute Gasteiger partial charge is 0.382 e. The highest BCUT2D eigenvalue weighted by Gasteiger charge is 2.25. The molecule has 1 aliphatic carbocycles. The molecule has 1 saturated carbocycles. The Labute approximate surface area is 100 Å². The molecule has 0 atom stereocenters. The monoisotopic (exact) mass is 228 g/mol. The lowest BCUT2D eigenvalue weighted by Gasteiger charge is -2.33. The molecule has 0 aliphatic heterocycles. The van der Waals surface area contributed by atoms with Gasteiger partial charge in [-0.2, -0.15) is 0 Å². The Bertz CT molecular complexity index is 469. The van der Waals surface area contributed by atoms with Gasteiger partial charge in [0.05, 0.1) is 18.2 Å². The fraction of sp³-hybridized carbons (Fsp3) is 0.308. The maximum absolute atomic E-state index is 5.76. The summed E-state index contributed by atoms with van der Waals surface area (Å²) < 4.78 is 0. The molecule has 4 heteroatoms. The smallest absolute Gasteiger partial charge is 0.0924 e. The van der Waals surface area contributed by atoms with E-state index in [0.29, 0.717) is 12.1 Å². The van der Waals surface area contributed by atoms with Crippen LogP contribution in [0.2, 0.25) is 0 Å². The fourth-order valence-electron chi connectivity index (χ4n) is 2.18. The van der Waals surface area contributed by atoms with Gasteiger partial charge < -0.3 is 16.0 Å². The van der Waals surface area contributed by atoms with Gasteiger partial charge in [-0.15, -0.1) is 0 Å². The highest BCUT2D eigenvalue weighted by Crippen LogP contribution is 2.24. The van der Waals surface area contributed by atoms with Crippen LogP contribution in [0.3, 0.4) is 0 Å². The Morgan fingerprint density at radius 2 is 2.00 bits per heavy atom. The molecule has 0 unspecified atom stereocenters. The number of hydrogen-bond donors (Lipinski definition) is 3. The molecule has 1 aromatic carbocycles. The Hall–Kier alpha value is -1.81. The number of benzene rings is 1. The Kier molecular flexibility index (Phi) is 2.57. The third-order valence-electron chi connectivity index (χ3n) is 3.24. The van der Waals surface area contributed by atoms with Crippen molar-refractivity contribution >= 4 is 5.69 Å². The van der Waals surface area contributed by atoms with E-state index in [-0.39, 0.29) is 0 Å². The minimum Gasteiger partial charge on any atom is -0.382 e. The third-order valence-corrected chi connectivity index (χ3v) is 3.24. The van der Waals surface area contributed by atoms with Crippen LogP contribution in [0.4, 0.5) is 5.69 Å². The third kappa shape index (κ3) is 2.17. The van der Waals surface area contributed by atoms with Crippen molar-refractivity contribution < 1.29 is 0 Å². The number of aromatic amines is 1. The molecule has 0 spiro atoms. The molecule has 0 amide bonds. The zero-order valence-electron chi connectivity index (χ0n) is 9.56. The molecule has 1 aliphatic rings. The maximum atomic E-state index is 5.76. The first kappa shape index (κ1) is 10.4. The number of aromatic nitrogens is 2. The number of anilines is 1. The summed E-state index contributed by atoms with van der Waals surface area (Å²) in [7, 11) is 0. The molecule has 0 bridgehead atoms. The summed E-state index contributed by atoms with van der Waals surface area (Å²) in [6, 6.07) is 9.31. The summed E-state index contributed by atoms with van der Waals surface area (Å²) in [6.07, 6.45) is 5.66. The second-order valence-corrected chi connectivity index (χ2v) is 4.62. The summed E-state index contributed by atoms with van der Waals surface area (Å²) in [5, 5.41) is 3.48. The summed E-state index contributed by atoms with van der Waals surface area (Å²) in [5.74, 6) is 0. The van der Waals surface area contributed by atoms with Gasteiger partial charge in [0.2, 0.25) is 0 Å². The molecule has 4 N–H and O–H groups in total. The quantitative estimate of drug-likeness (QED) is 0.752. The van der Waals surface area contributed by atoms with Gasteiger partial charge >= 0.3 is 0 Å². The topological polar surface area (TPSA) is 66.7 Å². The molecular formula is C13H16N4. The van der Waals surface area contributed by atoms with Gasteiger partial charge in [-0.3, -0.25) is 0 Å². The Balaban J connectivity index is 1.68. The molecule has 0 saturated heterocycles. The van der Waals surface area contributed by atoms with Gasteiger partial charge in [0.25, 0.3) is 0 Å². The van der Waals surface area contributed by atoms with E-state index < -0.39 is 0 Å². The lowest BCUT2D eigenvalue weighted by atomic mass is 9.87. The van der Waals surface area contributed by atoms with E-state index in [9.17, 15) is 0 Å². The van der Waals surface area contributed by atoms with Gasteiger partial charge in [-0.1, -0.05) is 12.1 Å². The van der Waals surface area contributed by atoms with E-state index in [0.717, 1.165) is 29.8 Å². The summed E-state index contributed by atoms with van der Waals surface area (Å²) in [6.45, 7) is 0. The standard InChI is InChI=1S/C13H16N4/c14-10-5-12(6-10)17-11-3-1-9(2-4-11)13-7-15-8-16-13/h1-4,7-8,10,12,17H,5-6,14H2,(H,15,16). The Morgan fingerprint density at radius 1 is 1.24 bits per heavy atom. The average molecular weight is 228 g/mol. The van der Waals surface area contributed by atoms with E-state index in [1.165, 1.54) is 0 Å². The first-order valence-corrected chi connectivity index (χ1v) is 5.92. The van der Waals surface area contributed by atoms with Gasteiger partial charge in [0, 0.05) is 17.8 Å². The fourth-order valence-corrected chi connectivity index (χ4v) is 2.18. The van der Waals surface area contributed by atoms with Gasteiger partial charge in [0.1, 0.15) is 0 Å². The zero-order valence-corrected chi connectivity index (χ0v) is 9.56. The maximum Gasteiger partial charge on any atom is 0.0924 e. The molecule has 88 valence electrons. The van der Waals surface area contributed by atoms with Crippen LogP contribution in [0.5, 0.6) is 0 Å². The van der Waals surface area contributed by atoms with Crippen LogP contribution in [0.1, 0.15) is 12.8 Å². The van der Waals surface area contributed by atoms with Crippen LogP contribution in [-0.4, -0.2) is 22.1 Å². The first-order chi connectivity index (χ1) is 8.31. The Morgan fingerprint density at radius 3 is 2.59 bits per heavy atom. The normalized spacial score (nSPS) is 23.1. The van der Waals surface area contributed by atoms with Crippen molar-refractivity contribution in [1.29, 1.82) is 0 Å². The second kappa shape index (κ2) is 4.22. The predicted molar refractivity (Wildman–Crippen MR) is 68.6 cm³/mol. The highest BCUT2D eigenvalue weighted by atomic mass is 15.0. The number of nitrogens with one attached hydrogen (secondary N) is 2. The summed E-state index contributed by atoms with van der Waals surface area (Å²) in [4.78, 5) is 7.11. The average Bonchev–Trinajstić information content (AvgIpc) is 2.81. The van der Waals surface area contributed by atoms with Crippen LogP contribution in [0.25, 0.3) is 11.3 Å². The molecule has 3 rings (SSSR count). The zero-order chi connectivity index (χ0) is 11.7. The van der Waals surface area contributed by atoms with Crippen LogP contribution in [0.15, 0.2) is 36.8 Å². The molecule has 0 radical (unpaired) electrons. The summed E-state index contributed by atoms with van der Waals surface area (Å²) >= 11 is 0. The number of imidazole rings is 1. The van der Waals surface area contributed by atoms with Crippen molar-refractivity contribution in [1.82, 2.24) is 9.97 Å². The van der Waals surface area contributed by atoms with E-state index in [4.69, 9.17) is 5.73 Å². The molecule has 2 aromatic rings. The highest BCUT2D eigenvalue weighted by molar-refractivity contribution is 5.62. The van der Waals surface area contributed by atoms with E-state index in [1.54, 1.807) is 6.33 Å². The van der Waals surface area contributed by atoms with Crippen molar-refractivity contribution in [2.24, 2.45) is 5.73 Å². The minimum absolute atomic E-state index is 0.386. The van der Waals surface area contributed by atoms with Crippen LogP contribution >= 0.6 is 0 Å². The van der Waals surface area contributed by atoms with Crippen LogP contribution < -0.4 is 11.1 Å². The van der Waals surface area contributed by atoms with E-state index >= 15 is 0 Å². The number of rotatable bonds is 3. The molecule has 1 fully saturated rings. The van der Waals surface area contributed by atoms with Crippen LogP contribution in [0, 0.1) is 0 Å². The number of nitrogens with two attached hydrogens (primary N) is 1. The second-order valence-electron chi connectivity index (χ2n) is 4.62. The van der Waals surface area contributed by atoms with Crippen LogP contribution in [-0.2, 0) is 0 Å². The SMILES string of the molecule is NC1CC(Nc2ccc(-c3cnc[nH]3)cc2)C1. The molecule has 1 heterocycles. The number of hydrogen-bond acceptors (Lipinski definition) is 3. The van der Waals surface area contributed by atoms with Crippen molar-refractivity contribution in [2.45, 2.75) is 24.9 Å². The van der Waals surface area contributed by atoms with E-state index in [2.05, 4.69) is 39.6 Å². The first-order valence-electron chi connectivity index (χ1n) is 5.92. The van der Waals surface area contributed by atoms with E-state index in [1.807, 2.05) is 6.20 Å². The van der Waals surface area contributed by atoms with Crippen molar-refractivity contribution in [3.8, 4) is 11.3 Å². The summed E-state index contributed by atoms with van der Waals surface area (Å²) in [5.41, 5.74) is 9.11. The lowest BCUT2D eigenvalue weighted by molar-refractivity contribution is 0.374. The molecule has 4 nitrogen and oxygen atoms in total. The van der Waals surface area contributed by atoms with Crippen molar-refractivity contribution in [3.63, 3.8) is 0 Å². The number of H-pyrrole nitrogens is 1. The van der Waals surface area contributed by atoms with Gasteiger partial charge in [0.15, 0.2) is 0 Å². The molecule has 17 heavy (non-hydrogen) atoms. The van der Waals surface area contributed by atoms with Crippen molar-refractivity contribution in [3.05, 3.63) is 36.8 Å². The molecule has 1 aromatic heterocycles. The lowest BCUT2D eigenvalue weighted by Crippen LogP contribution is -2.44. The molecular weight excluding hydrogens is 212 g/mol. The van der Waals surface area contributed by atoms with Gasteiger partial charge in [-0.05, 0) is 30.5 Å². The van der Waals surface area contributed by atoms with Gasteiger partial charge in [-0.25, -0.2) is 4.98 Å². The number of nitrogens with zero attached hydrogens (tertiary/aromatic N) is 1.